The summed E-state index contributed by atoms with van der Waals surface area (Å²) >= 11 is 13.5. The van der Waals surface area contributed by atoms with Crippen molar-refractivity contribution in [2.24, 2.45) is 0 Å². The van der Waals surface area contributed by atoms with E-state index in [-0.39, 0.29) is 24.4 Å². The first-order valence-electron chi connectivity index (χ1n) is 22.5. The SMILES string of the molecule is C[C@H](OC(=O)NCCSC1=C(SCCNC(=O)O[C@@H](C)c2ccccc2)SC(=C2SC(SCCNC(=O)O[C@@H](C)c3ccccc3)=C(SCCNC(=O)O[C@@H](C)c3ccccc3)S2)S1)c1ccccc1. The van der Waals surface area contributed by atoms with Crippen LogP contribution < -0.4 is 21.3 Å². The Balaban J connectivity index is 1.06. The molecular formula is C50H56N4O8S8. The first kappa shape index (κ1) is 55.3. The molecule has 12 nitrogen and oxygen atoms in total. The highest BCUT2D eigenvalue weighted by atomic mass is 32.3. The molecule has 0 aromatic heterocycles. The number of nitrogens with one attached hydrogen (secondary N) is 4. The molecule has 4 aromatic carbocycles. The summed E-state index contributed by atoms with van der Waals surface area (Å²) in [5.74, 6) is 2.47. The lowest BCUT2D eigenvalue weighted by atomic mass is 10.1. The molecule has 0 unspecified atom stereocenters. The molecule has 0 fully saturated rings. The second kappa shape index (κ2) is 30.1. The molecule has 372 valence electrons. The van der Waals surface area contributed by atoms with Gasteiger partial charge in [-0.25, -0.2) is 19.2 Å². The Bertz CT molecular complexity index is 2090. The summed E-state index contributed by atoms with van der Waals surface area (Å²) in [6, 6.07) is 38.5. The molecule has 0 spiro atoms. The van der Waals surface area contributed by atoms with Gasteiger partial charge in [-0.05, 0) is 49.9 Å². The number of thioether (sulfide) groups is 8. The number of rotatable bonds is 24. The fraction of sp³-hybridized carbons (Fsp3) is 0.320. The topological polar surface area (TPSA) is 153 Å². The zero-order valence-electron chi connectivity index (χ0n) is 39.0. The Morgan fingerprint density at radius 2 is 0.571 bits per heavy atom. The standard InChI is InChI=1S/C50H56N4O8S8/c1-33(37-17-9-5-10-18-37)59-47(55)51-25-29-63-41-42(64-30-26-52-48(56)60-34(2)38-19-11-6-12-20-38)68-45(67-41)46-69-43(65-31-27-53-49(57)61-35(3)39-21-13-7-14-22-39)44(70-46)66-32-28-54-50(58)62-36(4)40-23-15-8-16-24-40/h5-24,33-36H,25-32H2,1-4H3,(H,51,55)(H,52,56)(H,53,57)(H,54,58)/t33-,34-,35-,36-/m0/s1. The van der Waals surface area contributed by atoms with Crippen molar-refractivity contribution in [2.75, 3.05) is 49.2 Å². The van der Waals surface area contributed by atoms with Crippen molar-refractivity contribution in [3.05, 3.63) is 169 Å². The number of carbonyl (C=O) groups excluding carboxylic acids is 4. The van der Waals surface area contributed by atoms with E-state index in [1.165, 1.54) is 0 Å². The lowest BCUT2D eigenvalue weighted by molar-refractivity contribution is 0.107. The molecule has 4 amide bonds. The molecule has 4 aromatic rings. The van der Waals surface area contributed by atoms with Crippen LogP contribution >= 0.6 is 94.1 Å². The maximum Gasteiger partial charge on any atom is 0.407 e. The van der Waals surface area contributed by atoms with E-state index in [1.54, 1.807) is 94.1 Å². The highest BCUT2D eigenvalue weighted by Gasteiger charge is 2.31. The molecule has 4 N–H and O–H groups in total. The van der Waals surface area contributed by atoms with Gasteiger partial charge < -0.3 is 40.2 Å². The zero-order chi connectivity index (χ0) is 49.5. The normalized spacial score (nSPS) is 15.1. The molecule has 2 aliphatic rings. The summed E-state index contributed by atoms with van der Waals surface area (Å²) in [7, 11) is 0. The van der Waals surface area contributed by atoms with Gasteiger partial charge in [-0.1, -0.05) is 168 Å². The van der Waals surface area contributed by atoms with Gasteiger partial charge in [0.05, 0.1) is 25.4 Å². The Morgan fingerprint density at radius 3 is 0.771 bits per heavy atom. The van der Waals surface area contributed by atoms with Gasteiger partial charge in [0.25, 0.3) is 0 Å². The maximum absolute atomic E-state index is 12.7. The van der Waals surface area contributed by atoms with Crippen LogP contribution in [0.3, 0.4) is 0 Å². The molecule has 4 atom stereocenters. The molecule has 0 bridgehead atoms. The number of hydrogen-bond donors (Lipinski definition) is 4. The van der Waals surface area contributed by atoms with Gasteiger partial charge in [0.2, 0.25) is 0 Å². The van der Waals surface area contributed by atoms with Gasteiger partial charge in [0, 0.05) is 49.2 Å². The molecule has 0 radical (unpaired) electrons. The Hall–Kier alpha value is -4.02. The molecule has 0 saturated carbocycles. The summed E-state index contributed by atoms with van der Waals surface area (Å²) in [4.78, 5) is 50.8. The van der Waals surface area contributed by atoms with Crippen molar-refractivity contribution in [1.82, 2.24) is 21.3 Å². The fourth-order valence-corrected chi connectivity index (χ4v) is 17.9. The van der Waals surface area contributed by atoms with Crippen LogP contribution in [0.15, 0.2) is 147 Å². The largest absolute Gasteiger partial charge is 0.442 e. The van der Waals surface area contributed by atoms with Gasteiger partial charge >= 0.3 is 24.4 Å². The summed E-state index contributed by atoms with van der Waals surface area (Å²) in [6.45, 7) is 9.02. The van der Waals surface area contributed by atoms with Crippen molar-refractivity contribution in [2.45, 2.75) is 52.1 Å². The van der Waals surface area contributed by atoms with Crippen LogP contribution in [-0.2, 0) is 18.9 Å². The van der Waals surface area contributed by atoms with E-state index in [1.807, 2.05) is 149 Å². The third kappa shape index (κ3) is 18.9. The highest BCUT2D eigenvalue weighted by molar-refractivity contribution is 8.45. The molecule has 2 aliphatic heterocycles. The average Bonchev–Trinajstić information content (AvgIpc) is 3.98. The molecular weight excluding hydrogens is 1040 g/mol. The van der Waals surface area contributed by atoms with Crippen LogP contribution in [0.1, 0.15) is 74.4 Å². The van der Waals surface area contributed by atoms with E-state index in [2.05, 4.69) is 21.3 Å². The average molecular weight is 1100 g/mol. The number of hydrogen-bond acceptors (Lipinski definition) is 16. The van der Waals surface area contributed by atoms with Crippen LogP contribution in [-0.4, -0.2) is 73.6 Å². The van der Waals surface area contributed by atoms with Crippen LogP contribution in [0.25, 0.3) is 0 Å². The highest BCUT2D eigenvalue weighted by Crippen LogP contribution is 2.66. The third-order valence-electron chi connectivity index (χ3n) is 9.87. The number of amides is 4. The lowest BCUT2D eigenvalue weighted by Crippen LogP contribution is -2.27. The van der Waals surface area contributed by atoms with Crippen molar-refractivity contribution in [3.8, 4) is 0 Å². The van der Waals surface area contributed by atoms with Gasteiger partial charge in [-0.2, -0.15) is 0 Å². The van der Waals surface area contributed by atoms with Crippen LogP contribution in [0, 0.1) is 0 Å². The van der Waals surface area contributed by atoms with Crippen LogP contribution in [0.5, 0.6) is 0 Å². The van der Waals surface area contributed by atoms with Gasteiger partial charge in [0.15, 0.2) is 0 Å². The lowest BCUT2D eigenvalue weighted by Gasteiger charge is -2.14. The van der Waals surface area contributed by atoms with Crippen LogP contribution in [0.4, 0.5) is 19.2 Å². The van der Waals surface area contributed by atoms with Crippen molar-refractivity contribution >= 4 is 118 Å². The van der Waals surface area contributed by atoms with Crippen molar-refractivity contribution < 1.29 is 38.1 Å². The minimum Gasteiger partial charge on any atom is -0.442 e. The van der Waals surface area contributed by atoms with E-state index in [4.69, 9.17) is 18.9 Å². The van der Waals surface area contributed by atoms with E-state index < -0.39 is 24.4 Å². The Labute approximate surface area is 444 Å². The summed E-state index contributed by atoms with van der Waals surface area (Å²) < 4.78 is 29.2. The minimum atomic E-state index is -0.473. The number of benzene rings is 4. The van der Waals surface area contributed by atoms with Gasteiger partial charge in [-0.3, -0.25) is 0 Å². The van der Waals surface area contributed by atoms with Gasteiger partial charge in [0.1, 0.15) is 24.4 Å². The molecule has 6 rings (SSSR count). The Kier molecular flexibility index (Phi) is 23.8. The smallest absolute Gasteiger partial charge is 0.407 e. The molecule has 20 heteroatoms. The maximum atomic E-state index is 12.7. The van der Waals surface area contributed by atoms with E-state index in [0.29, 0.717) is 49.2 Å². The number of alkyl carbamates (subject to hydrolysis) is 4. The summed E-state index contributed by atoms with van der Waals surface area (Å²) in [6.07, 6.45) is -3.42. The van der Waals surface area contributed by atoms with E-state index in [9.17, 15) is 19.2 Å². The molecule has 0 saturated heterocycles. The van der Waals surface area contributed by atoms with Gasteiger partial charge in [-0.15, -0.1) is 47.0 Å². The monoisotopic (exact) mass is 1100 g/mol. The van der Waals surface area contributed by atoms with Crippen molar-refractivity contribution in [1.29, 1.82) is 0 Å². The molecule has 2 heterocycles. The second-order valence-electron chi connectivity index (χ2n) is 15.1. The van der Waals surface area contributed by atoms with Crippen molar-refractivity contribution in [3.63, 3.8) is 0 Å². The zero-order valence-corrected chi connectivity index (χ0v) is 45.6. The van der Waals surface area contributed by atoms with E-state index >= 15 is 0 Å². The fourth-order valence-electron chi connectivity index (χ4n) is 6.23. The molecule has 0 aliphatic carbocycles. The summed E-state index contributed by atoms with van der Waals surface area (Å²) in [5, 5.41) is 11.6. The quantitative estimate of drug-likeness (QED) is 0.0388. The first-order valence-corrected chi connectivity index (χ1v) is 29.7. The predicted octanol–water partition coefficient (Wildman–Crippen LogP) is 14.2. The van der Waals surface area contributed by atoms with E-state index in [0.717, 1.165) is 47.7 Å². The number of ether oxygens (including phenoxy) is 4. The van der Waals surface area contributed by atoms with Crippen LogP contribution in [0.2, 0.25) is 0 Å². The summed E-state index contributed by atoms with van der Waals surface area (Å²) in [5.41, 5.74) is 3.68. The second-order valence-corrected chi connectivity index (χ2v) is 25.1. The predicted molar refractivity (Wildman–Crippen MR) is 299 cm³/mol. The minimum absolute atomic E-state index is 0.382. The first-order chi connectivity index (χ1) is 34.0. The Morgan fingerprint density at radius 1 is 0.371 bits per heavy atom. The number of carbonyl (C=O) groups is 4. The molecule has 70 heavy (non-hydrogen) atoms. The third-order valence-corrected chi connectivity index (χ3v) is 21.5.